The number of nitrogens with one attached hydrogen (secondary N) is 4. The van der Waals surface area contributed by atoms with E-state index in [9.17, 15) is 0 Å². The van der Waals surface area contributed by atoms with Gasteiger partial charge >= 0.3 is 16.8 Å². The van der Waals surface area contributed by atoms with Gasteiger partial charge in [-0.1, -0.05) is 130 Å². The van der Waals surface area contributed by atoms with E-state index in [1.165, 1.54) is 0 Å². The van der Waals surface area contributed by atoms with E-state index in [-0.39, 0.29) is 25.4 Å². The quantitative estimate of drug-likeness (QED) is 0.0967. The van der Waals surface area contributed by atoms with Crippen molar-refractivity contribution in [2.24, 2.45) is 0 Å². The van der Waals surface area contributed by atoms with Gasteiger partial charge in [-0.15, -0.1) is 20.4 Å². The van der Waals surface area contributed by atoms with Crippen molar-refractivity contribution in [2.45, 2.75) is 0 Å². The van der Waals surface area contributed by atoms with E-state index in [1.807, 2.05) is 121 Å². The number of hydrogen-bond acceptors (Lipinski definition) is 10. The number of aromatic nitrogens is 8. The molecule has 4 heterocycles. The van der Waals surface area contributed by atoms with E-state index in [1.54, 1.807) is 0 Å². The molecule has 10 nitrogen and oxygen atoms in total. The molecule has 0 amide bonds. The van der Waals surface area contributed by atoms with Gasteiger partial charge in [-0.25, -0.2) is 0 Å². The number of fused-ring (bicyclic) bond motifs is 2. The zero-order valence-corrected chi connectivity index (χ0v) is 30.5. The normalized spacial score (nSPS) is 10.5. The van der Waals surface area contributed by atoms with Crippen LogP contribution in [0.15, 0.2) is 121 Å². The third-order valence-electron chi connectivity index (χ3n) is 7.63. The molecule has 51 heavy (non-hydrogen) atoms. The average molecular weight is 784 g/mol. The summed E-state index contributed by atoms with van der Waals surface area (Å²) in [5, 5.41) is 39.3. The van der Waals surface area contributed by atoms with Crippen LogP contribution in [0.4, 0.5) is 11.6 Å². The van der Waals surface area contributed by atoms with Gasteiger partial charge in [-0.05, 0) is 11.1 Å². The van der Waals surface area contributed by atoms with Crippen LogP contribution in [0, 0.1) is 0 Å². The SMILES string of the molecule is S=C([S-])Nc1n[nH]c2nnc(-c3ccccc3)c(-c3ccccc3)c12.S=C([S-])Nc1n[nH]c2nnc(-c3ccccc3)c(-c3ccccc3)c12.[Co+2]. The van der Waals surface area contributed by atoms with Gasteiger partial charge in [0.1, 0.15) is 11.4 Å². The van der Waals surface area contributed by atoms with Crippen molar-refractivity contribution in [3.63, 3.8) is 0 Å². The van der Waals surface area contributed by atoms with Crippen LogP contribution in [-0.4, -0.2) is 49.4 Å². The van der Waals surface area contributed by atoms with Gasteiger partial charge in [-0.2, -0.15) is 10.2 Å². The summed E-state index contributed by atoms with van der Waals surface area (Å²) in [6, 6.07) is 39.9. The average Bonchev–Trinajstić information content (AvgIpc) is 3.75. The second-order valence-electron chi connectivity index (χ2n) is 10.7. The van der Waals surface area contributed by atoms with Gasteiger partial charge in [0.2, 0.25) is 0 Å². The number of thiocarbonyl (C=S) groups is 2. The number of anilines is 2. The number of aromatic amines is 2. The molecule has 8 rings (SSSR count). The van der Waals surface area contributed by atoms with E-state index >= 15 is 0 Å². The zero-order chi connectivity index (χ0) is 34.5. The minimum absolute atomic E-state index is 0. The summed E-state index contributed by atoms with van der Waals surface area (Å²) in [5.74, 6) is 1.11. The minimum atomic E-state index is 0. The Bertz CT molecular complexity index is 2270. The van der Waals surface area contributed by atoms with Crippen LogP contribution >= 0.6 is 24.4 Å². The Labute approximate surface area is 324 Å². The maximum Gasteiger partial charge on any atom is 2.00 e. The molecule has 0 unspecified atom stereocenters. The molecule has 4 aromatic heterocycles. The van der Waals surface area contributed by atoms with Crippen LogP contribution < -0.4 is 10.6 Å². The van der Waals surface area contributed by atoms with Gasteiger partial charge in [0, 0.05) is 22.3 Å². The largest absolute Gasteiger partial charge is 2.00 e. The van der Waals surface area contributed by atoms with Crippen molar-refractivity contribution in [1.29, 1.82) is 0 Å². The van der Waals surface area contributed by atoms with Crippen LogP contribution in [0.1, 0.15) is 0 Å². The number of rotatable bonds is 6. The van der Waals surface area contributed by atoms with Crippen LogP contribution in [-0.2, 0) is 42.0 Å². The Kier molecular flexibility index (Phi) is 11.3. The first-order chi connectivity index (χ1) is 24.5. The maximum atomic E-state index is 5.01. The second-order valence-corrected chi connectivity index (χ2v) is 12.9. The predicted molar refractivity (Wildman–Crippen MR) is 212 cm³/mol. The van der Waals surface area contributed by atoms with E-state index in [2.05, 4.69) is 51.4 Å². The Morgan fingerprint density at radius 3 is 1.10 bits per heavy atom. The summed E-state index contributed by atoms with van der Waals surface area (Å²) in [6.45, 7) is 0. The van der Waals surface area contributed by atoms with Crippen LogP contribution in [0.25, 0.3) is 66.8 Å². The van der Waals surface area contributed by atoms with Crippen LogP contribution in [0.3, 0.4) is 0 Å². The number of nitrogens with zero attached hydrogens (tertiary/aromatic N) is 6. The van der Waals surface area contributed by atoms with Gasteiger partial charge in [0.15, 0.2) is 22.9 Å². The van der Waals surface area contributed by atoms with Crippen molar-refractivity contribution in [2.75, 3.05) is 10.6 Å². The van der Waals surface area contributed by atoms with Crippen LogP contribution in [0.5, 0.6) is 0 Å². The molecule has 1 radical (unpaired) electrons. The minimum Gasteiger partial charge on any atom is -0.411 e. The first kappa shape index (κ1) is 35.5. The molecule has 0 fully saturated rings. The fourth-order valence-corrected chi connectivity index (χ4v) is 5.95. The molecule has 0 spiro atoms. The van der Waals surface area contributed by atoms with Crippen molar-refractivity contribution in [3.05, 3.63) is 121 Å². The summed E-state index contributed by atoms with van der Waals surface area (Å²) in [4.78, 5) is 0. The standard InChI is InChI=1S/2C18H13N5S2.Co/c2*24-18(25)19-16-14-13(11-7-3-1-4-8-11)15(12-9-5-2-6-10-12)20-22-17(14)23-21-16;/h2*1-10H,(H3,19,21,22,23,24,25);/q;;+2/p-2. The van der Waals surface area contributed by atoms with Crippen molar-refractivity contribution in [3.8, 4) is 44.8 Å². The monoisotopic (exact) mass is 783 g/mol. The van der Waals surface area contributed by atoms with Gasteiger partial charge in [0.25, 0.3) is 0 Å². The van der Waals surface area contributed by atoms with Gasteiger partial charge in [-0.3, -0.25) is 10.2 Å². The van der Waals surface area contributed by atoms with Crippen LogP contribution in [0.2, 0.25) is 0 Å². The van der Waals surface area contributed by atoms with Gasteiger partial charge in [0.05, 0.1) is 10.8 Å². The molecule has 0 aliphatic rings. The summed E-state index contributed by atoms with van der Waals surface area (Å²) in [6.07, 6.45) is 0. The summed E-state index contributed by atoms with van der Waals surface area (Å²) in [5.41, 5.74) is 8.55. The van der Waals surface area contributed by atoms with E-state index in [0.29, 0.717) is 22.9 Å². The van der Waals surface area contributed by atoms with E-state index < -0.39 is 0 Å². The van der Waals surface area contributed by atoms with Gasteiger partial charge < -0.3 is 60.3 Å². The number of H-pyrrole nitrogens is 2. The fraction of sp³-hybridized carbons (Fsp3) is 0. The number of benzene rings is 4. The Balaban J connectivity index is 0.000000172. The van der Waals surface area contributed by atoms with Crippen molar-refractivity contribution >= 4 is 92.0 Å². The zero-order valence-electron chi connectivity index (χ0n) is 26.2. The molecule has 0 aliphatic heterocycles. The molecule has 251 valence electrons. The molecule has 0 aliphatic carbocycles. The Morgan fingerprint density at radius 2 is 0.784 bits per heavy atom. The molecule has 4 aromatic carbocycles. The molecule has 0 atom stereocenters. The second kappa shape index (κ2) is 16.2. The van der Waals surface area contributed by atoms with E-state index in [0.717, 1.165) is 55.5 Å². The summed E-state index contributed by atoms with van der Waals surface area (Å²) < 4.78 is 0.455. The first-order valence-electron chi connectivity index (χ1n) is 15.1. The van der Waals surface area contributed by atoms with E-state index in [4.69, 9.17) is 49.7 Å². The third-order valence-corrected chi connectivity index (χ3v) is 8.04. The molecule has 4 N–H and O–H groups in total. The summed E-state index contributed by atoms with van der Waals surface area (Å²) >= 11 is 20.0. The topological polar surface area (TPSA) is 133 Å². The third kappa shape index (κ3) is 7.73. The Hall–Kier alpha value is -5.29. The molecule has 8 aromatic rings. The predicted octanol–water partition coefficient (Wildman–Crippen LogP) is 7.86. The molecular weight excluding hydrogens is 760 g/mol. The number of hydrogen-bond donors (Lipinski definition) is 4. The fourth-order valence-electron chi connectivity index (χ4n) is 5.56. The molecule has 0 bridgehead atoms. The molecular formula is C36H24CoN10S4. The Morgan fingerprint density at radius 1 is 0.471 bits per heavy atom. The maximum absolute atomic E-state index is 5.01. The molecule has 15 heteroatoms. The van der Waals surface area contributed by atoms with Crippen molar-refractivity contribution in [1.82, 2.24) is 40.8 Å². The summed E-state index contributed by atoms with van der Waals surface area (Å²) in [7, 11) is 0. The first-order valence-corrected chi connectivity index (χ1v) is 16.8. The van der Waals surface area contributed by atoms with Crippen molar-refractivity contribution < 1.29 is 16.8 Å². The molecule has 0 saturated heterocycles. The smallest absolute Gasteiger partial charge is 0.411 e. The molecule has 0 saturated carbocycles.